The van der Waals surface area contributed by atoms with E-state index in [1.165, 1.54) is 11.1 Å². The van der Waals surface area contributed by atoms with E-state index in [0.29, 0.717) is 16.3 Å². The van der Waals surface area contributed by atoms with Crippen LogP contribution in [0.15, 0.2) is 72.9 Å². The lowest BCUT2D eigenvalue weighted by Gasteiger charge is -2.23. The number of fused-ring (bicyclic) bond motifs is 1. The van der Waals surface area contributed by atoms with E-state index in [0.717, 1.165) is 5.56 Å². The molecule has 1 aliphatic heterocycles. The minimum atomic E-state index is -1.94. The molecule has 0 aliphatic carbocycles. The lowest BCUT2D eigenvalue weighted by Crippen LogP contribution is -2.41. The number of anilines is 1. The first-order valence-corrected chi connectivity index (χ1v) is 9.20. The van der Waals surface area contributed by atoms with Gasteiger partial charge >= 0.3 is 0 Å². The molecule has 1 atom stereocenters. The van der Waals surface area contributed by atoms with E-state index in [1.54, 1.807) is 48.5 Å². The van der Waals surface area contributed by atoms with Crippen LogP contribution >= 0.6 is 11.6 Å². The van der Waals surface area contributed by atoms with Crippen molar-refractivity contribution in [3.63, 3.8) is 0 Å². The average molecular weight is 393 g/mol. The van der Waals surface area contributed by atoms with Crippen molar-refractivity contribution in [2.24, 2.45) is 0 Å². The molecule has 1 N–H and O–H groups in total. The van der Waals surface area contributed by atoms with Gasteiger partial charge in [0.1, 0.15) is 5.69 Å². The number of para-hydroxylation sites is 1. The highest BCUT2D eigenvalue weighted by Gasteiger charge is 2.50. The predicted molar refractivity (Wildman–Crippen MR) is 106 cm³/mol. The fourth-order valence-corrected chi connectivity index (χ4v) is 3.68. The Hall–Kier alpha value is -3.02. The smallest absolute Gasteiger partial charge is 0.264 e. The van der Waals surface area contributed by atoms with Gasteiger partial charge < -0.3 is 10.0 Å². The van der Waals surface area contributed by atoms with E-state index in [-0.39, 0.29) is 18.7 Å². The number of rotatable bonds is 5. The van der Waals surface area contributed by atoms with Gasteiger partial charge in [-0.3, -0.25) is 14.6 Å². The zero-order valence-corrected chi connectivity index (χ0v) is 15.6. The number of hydrogen-bond donors (Lipinski definition) is 1. The zero-order valence-electron chi connectivity index (χ0n) is 14.9. The molecule has 4 rings (SSSR count). The number of benzene rings is 2. The number of aliphatic hydroxyl groups is 1. The van der Waals surface area contributed by atoms with Crippen molar-refractivity contribution in [3.05, 3.63) is 94.8 Å². The molecule has 1 amide bonds. The van der Waals surface area contributed by atoms with Gasteiger partial charge in [0, 0.05) is 16.8 Å². The van der Waals surface area contributed by atoms with Crippen LogP contribution in [0, 0.1) is 0 Å². The first-order valence-electron chi connectivity index (χ1n) is 8.82. The molecule has 1 aromatic heterocycles. The van der Waals surface area contributed by atoms with Gasteiger partial charge in [0.15, 0.2) is 11.4 Å². The standard InChI is InChI=1S/C22H17ClN2O3/c23-17-9-3-1-7-15(17)14-25-19-11-4-2-8-16(19)22(28,21(25)27)13-20(26)18-10-5-6-12-24-18/h1-12,28H,13-14H2/t22-/m1/s1. The van der Waals surface area contributed by atoms with Crippen molar-refractivity contribution in [1.29, 1.82) is 0 Å². The Balaban J connectivity index is 1.70. The second-order valence-electron chi connectivity index (χ2n) is 6.68. The summed E-state index contributed by atoms with van der Waals surface area (Å²) in [7, 11) is 0. The molecule has 28 heavy (non-hydrogen) atoms. The molecular weight excluding hydrogens is 376 g/mol. The quantitative estimate of drug-likeness (QED) is 0.671. The Morgan fingerprint density at radius 1 is 1.04 bits per heavy atom. The second-order valence-corrected chi connectivity index (χ2v) is 7.08. The molecule has 0 saturated heterocycles. The van der Waals surface area contributed by atoms with Crippen LogP contribution in [-0.2, 0) is 16.9 Å². The molecule has 0 bridgehead atoms. The highest BCUT2D eigenvalue weighted by atomic mass is 35.5. The van der Waals surface area contributed by atoms with Crippen LogP contribution < -0.4 is 4.90 Å². The highest BCUT2D eigenvalue weighted by molar-refractivity contribution is 6.31. The van der Waals surface area contributed by atoms with Gasteiger partial charge in [0.05, 0.1) is 18.7 Å². The summed E-state index contributed by atoms with van der Waals surface area (Å²) < 4.78 is 0. The third-order valence-electron chi connectivity index (χ3n) is 4.89. The van der Waals surface area contributed by atoms with Crippen molar-refractivity contribution in [3.8, 4) is 0 Å². The summed E-state index contributed by atoms with van der Waals surface area (Å²) in [4.78, 5) is 31.4. The second kappa shape index (κ2) is 7.19. The van der Waals surface area contributed by atoms with Gasteiger partial charge in [-0.05, 0) is 29.8 Å². The largest absolute Gasteiger partial charge is 0.375 e. The van der Waals surface area contributed by atoms with E-state index in [9.17, 15) is 14.7 Å². The maximum atomic E-state index is 13.2. The van der Waals surface area contributed by atoms with E-state index in [2.05, 4.69) is 4.98 Å². The lowest BCUT2D eigenvalue weighted by atomic mass is 9.89. The van der Waals surface area contributed by atoms with Gasteiger partial charge in [0.2, 0.25) is 0 Å². The number of Topliss-reactive ketones (excluding diaryl/α,β-unsaturated/α-hetero) is 1. The van der Waals surface area contributed by atoms with Crippen LogP contribution in [0.3, 0.4) is 0 Å². The monoisotopic (exact) mass is 392 g/mol. The summed E-state index contributed by atoms with van der Waals surface area (Å²) in [6.45, 7) is 0.204. The summed E-state index contributed by atoms with van der Waals surface area (Å²) in [5.41, 5.74) is 0.0189. The van der Waals surface area contributed by atoms with Crippen LogP contribution in [0.2, 0.25) is 5.02 Å². The fraction of sp³-hybridized carbons (Fsp3) is 0.136. The maximum absolute atomic E-state index is 13.2. The van der Waals surface area contributed by atoms with Crippen molar-refractivity contribution < 1.29 is 14.7 Å². The van der Waals surface area contributed by atoms with E-state index in [4.69, 9.17) is 11.6 Å². The molecule has 2 heterocycles. The number of carbonyl (C=O) groups excluding carboxylic acids is 2. The molecule has 0 saturated carbocycles. The van der Waals surface area contributed by atoms with Gasteiger partial charge in [-0.1, -0.05) is 54.1 Å². The third-order valence-corrected chi connectivity index (χ3v) is 5.26. The molecule has 2 aromatic carbocycles. The number of pyridine rings is 1. The third kappa shape index (κ3) is 3.09. The Kier molecular flexibility index (Phi) is 4.71. The normalized spacial score (nSPS) is 18.2. The van der Waals surface area contributed by atoms with Crippen LogP contribution in [0.25, 0.3) is 0 Å². The summed E-state index contributed by atoms with van der Waals surface area (Å²) in [6, 6.07) is 19.1. The number of nitrogens with zero attached hydrogens (tertiary/aromatic N) is 2. The van der Waals surface area contributed by atoms with E-state index < -0.39 is 17.3 Å². The molecule has 0 spiro atoms. The van der Waals surface area contributed by atoms with Crippen LogP contribution in [-0.4, -0.2) is 21.8 Å². The van der Waals surface area contributed by atoms with Gasteiger partial charge in [-0.2, -0.15) is 0 Å². The number of carbonyl (C=O) groups is 2. The minimum absolute atomic E-state index is 0.204. The molecule has 0 unspecified atom stereocenters. The molecule has 5 nitrogen and oxygen atoms in total. The maximum Gasteiger partial charge on any atom is 0.264 e. The van der Waals surface area contributed by atoms with Crippen molar-refractivity contribution in [2.45, 2.75) is 18.6 Å². The van der Waals surface area contributed by atoms with E-state index in [1.807, 2.05) is 18.2 Å². The Morgan fingerprint density at radius 2 is 1.75 bits per heavy atom. The van der Waals surface area contributed by atoms with Crippen molar-refractivity contribution >= 4 is 29.0 Å². The first-order chi connectivity index (χ1) is 13.5. The Labute approximate surface area is 167 Å². The van der Waals surface area contributed by atoms with Crippen LogP contribution in [0.4, 0.5) is 5.69 Å². The SMILES string of the molecule is O=C(C[C@]1(O)C(=O)N(Cc2ccccc2Cl)c2ccccc21)c1ccccn1. The number of halogens is 1. The molecular formula is C22H17ClN2O3. The average Bonchev–Trinajstić information content (AvgIpc) is 2.92. The molecule has 0 radical (unpaired) electrons. The number of amides is 1. The van der Waals surface area contributed by atoms with Gasteiger partial charge in [-0.25, -0.2) is 0 Å². The summed E-state index contributed by atoms with van der Waals surface area (Å²) in [6.07, 6.45) is 1.13. The lowest BCUT2D eigenvalue weighted by molar-refractivity contribution is -0.136. The molecule has 140 valence electrons. The topological polar surface area (TPSA) is 70.5 Å². The summed E-state index contributed by atoms with van der Waals surface area (Å²) >= 11 is 6.25. The fourth-order valence-electron chi connectivity index (χ4n) is 3.48. The number of hydrogen-bond acceptors (Lipinski definition) is 4. The Bertz CT molecular complexity index is 1050. The Morgan fingerprint density at radius 3 is 2.50 bits per heavy atom. The molecule has 0 fully saturated rings. The molecule has 1 aliphatic rings. The molecule has 6 heteroatoms. The summed E-state index contributed by atoms with van der Waals surface area (Å²) in [5, 5.41) is 11.8. The van der Waals surface area contributed by atoms with Crippen molar-refractivity contribution in [2.75, 3.05) is 4.90 Å². The molecule has 3 aromatic rings. The minimum Gasteiger partial charge on any atom is -0.375 e. The van der Waals surface area contributed by atoms with E-state index >= 15 is 0 Å². The number of ketones is 1. The van der Waals surface area contributed by atoms with Crippen LogP contribution in [0.5, 0.6) is 0 Å². The predicted octanol–water partition coefficient (Wildman–Crippen LogP) is 3.74. The zero-order chi connectivity index (χ0) is 19.7. The van der Waals surface area contributed by atoms with Crippen molar-refractivity contribution in [1.82, 2.24) is 4.98 Å². The highest BCUT2D eigenvalue weighted by Crippen LogP contribution is 2.43. The number of aromatic nitrogens is 1. The van der Waals surface area contributed by atoms with Gasteiger partial charge in [-0.15, -0.1) is 0 Å². The summed E-state index contributed by atoms with van der Waals surface area (Å²) in [5.74, 6) is -0.941. The van der Waals surface area contributed by atoms with Gasteiger partial charge in [0.25, 0.3) is 5.91 Å². The first kappa shape index (κ1) is 18.3. The van der Waals surface area contributed by atoms with Crippen LogP contribution in [0.1, 0.15) is 28.0 Å².